The number of pyridine rings is 1. The molecule has 8 nitrogen and oxygen atoms in total. The van der Waals surface area contributed by atoms with Gasteiger partial charge in [0.15, 0.2) is 5.75 Å². The molecule has 8 heteroatoms. The molecule has 0 saturated carbocycles. The first-order valence-corrected chi connectivity index (χ1v) is 12.0. The van der Waals surface area contributed by atoms with Crippen molar-refractivity contribution in [1.82, 2.24) is 14.8 Å². The van der Waals surface area contributed by atoms with Crippen molar-refractivity contribution in [2.45, 2.75) is 58.8 Å². The lowest BCUT2D eigenvalue weighted by Gasteiger charge is -2.33. The Morgan fingerprint density at radius 2 is 1.86 bits per heavy atom. The molecule has 1 aromatic heterocycles. The van der Waals surface area contributed by atoms with E-state index in [0.717, 1.165) is 31.6 Å². The van der Waals surface area contributed by atoms with Gasteiger partial charge in [0.2, 0.25) is 0 Å². The van der Waals surface area contributed by atoms with E-state index in [1.54, 1.807) is 17.2 Å². The van der Waals surface area contributed by atoms with Gasteiger partial charge >= 0.3 is 6.09 Å². The number of fused-ring (bicyclic) bond motifs is 1. The van der Waals surface area contributed by atoms with Crippen LogP contribution in [0.25, 0.3) is 0 Å². The molecule has 2 aliphatic rings. The number of benzene rings is 1. The molecule has 3 heterocycles. The largest absolute Gasteiger partial charge is 0.490 e. The molecule has 0 atom stereocenters. The molecule has 0 bridgehead atoms. The highest BCUT2D eigenvalue weighted by Gasteiger charge is 2.27. The fourth-order valence-corrected chi connectivity index (χ4v) is 4.47. The molecule has 1 fully saturated rings. The third-order valence-electron chi connectivity index (χ3n) is 6.29. The lowest BCUT2D eigenvalue weighted by Crippen LogP contribution is -2.42. The predicted octanol–water partition coefficient (Wildman–Crippen LogP) is 4.37. The van der Waals surface area contributed by atoms with Crippen LogP contribution >= 0.6 is 0 Å². The average molecular weight is 474 g/mol. The van der Waals surface area contributed by atoms with Gasteiger partial charge in [-0.25, -0.2) is 4.79 Å². The zero-order valence-corrected chi connectivity index (χ0v) is 20.6. The number of nitrogens with zero attached hydrogens (tertiary/aromatic N) is 5. The lowest BCUT2D eigenvalue weighted by atomic mass is 9.98. The van der Waals surface area contributed by atoms with E-state index < -0.39 is 5.60 Å². The smallest absolute Gasteiger partial charge is 0.410 e. The van der Waals surface area contributed by atoms with Crippen LogP contribution in [0.2, 0.25) is 0 Å². The number of carbonyl (C=O) groups excluding carboxylic acids is 1. The monoisotopic (exact) mass is 473 g/mol. The molecule has 2 aromatic rings. The Balaban J connectivity index is 1.28. The van der Waals surface area contributed by atoms with Crippen LogP contribution in [0, 0.1) is 28.6 Å². The summed E-state index contributed by atoms with van der Waals surface area (Å²) in [6.45, 7) is 9.54. The molecule has 182 valence electrons. The van der Waals surface area contributed by atoms with Gasteiger partial charge in [-0.1, -0.05) is 6.07 Å². The van der Waals surface area contributed by atoms with Gasteiger partial charge in [-0.15, -0.1) is 0 Å². The highest BCUT2D eigenvalue weighted by atomic mass is 16.6. The van der Waals surface area contributed by atoms with Crippen molar-refractivity contribution in [2.24, 2.45) is 5.92 Å². The summed E-state index contributed by atoms with van der Waals surface area (Å²) in [7, 11) is 0. The Hall–Kier alpha value is -3.62. The van der Waals surface area contributed by atoms with Crippen molar-refractivity contribution < 1.29 is 14.3 Å². The van der Waals surface area contributed by atoms with Crippen LogP contribution in [-0.2, 0) is 24.4 Å². The number of amides is 1. The van der Waals surface area contributed by atoms with Crippen LogP contribution in [0.4, 0.5) is 4.79 Å². The molecule has 0 unspecified atom stereocenters. The number of rotatable bonds is 5. The number of carbonyl (C=O) groups is 1. The van der Waals surface area contributed by atoms with E-state index in [9.17, 15) is 10.1 Å². The Kier molecular flexibility index (Phi) is 7.23. The van der Waals surface area contributed by atoms with Gasteiger partial charge in [0.05, 0.1) is 35.7 Å². The van der Waals surface area contributed by atoms with Crippen LogP contribution in [0.15, 0.2) is 30.5 Å². The van der Waals surface area contributed by atoms with Crippen LogP contribution in [-0.4, -0.2) is 46.2 Å². The van der Waals surface area contributed by atoms with E-state index in [2.05, 4.69) is 22.0 Å². The lowest BCUT2D eigenvalue weighted by molar-refractivity contribution is 0.0165. The predicted molar refractivity (Wildman–Crippen MR) is 129 cm³/mol. The summed E-state index contributed by atoms with van der Waals surface area (Å²) in [4.78, 5) is 20.8. The number of aromatic nitrogens is 1. The summed E-state index contributed by atoms with van der Waals surface area (Å²) in [6, 6.07) is 12.0. The van der Waals surface area contributed by atoms with Crippen molar-refractivity contribution in [1.29, 1.82) is 10.5 Å². The van der Waals surface area contributed by atoms with Crippen molar-refractivity contribution in [3.05, 3.63) is 58.4 Å². The molecule has 1 amide bonds. The van der Waals surface area contributed by atoms with Gasteiger partial charge in [-0.2, -0.15) is 10.5 Å². The summed E-state index contributed by atoms with van der Waals surface area (Å²) < 4.78 is 11.4. The third-order valence-corrected chi connectivity index (χ3v) is 6.29. The highest BCUT2D eigenvalue weighted by Crippen LogP contribution is 2.27. The second-order valence-corrected chi connectivity index (χ2v) is 10.2. The molecule has 1 saturated heterocycles. The minimum Gasteiger partial charge on any atom is -0.490 e. The SMILES string of the molecule is CC(C)(C)OC(=O)N1CCC(COc2cnc(CN3Cc4ccc(C#N)cc4C3)cc2C#N)CC1. The van der Waals surface area contributed by atoms with Crippen molar-refractivity contribution in [3.63, 3.8) is 0 Å². The number of ether oxygens (including phenoxy) is 2. The van der Waals surface area contributed by atoms with Gasteiger partial charge in [-0.05, 0) is 68.9 Å². The number of hydrogen-bond acceptors (Lipinski definition) is 7. The molecule has 0 radical (unpaired) electrons. The summed E-state index contributed by atoms with van der Waals surface area (Å²) in [5.41, 5.74) is 3.86. The quantitative estimate of drug-likeness (QED) is 0.635. The van der Waals surface area contributed by atoms with Crippen LogP contribution in [0.1, 0.15) is 61.6 Å². The van der Waals surface area contributed by atoms with Crippen molar-refractivity contribution in [3.8, 4) is 17.9 Å². The summed E-state index contributed by atoms with van der Waals surface area (Å²) in [5, 5.41) is 18.8. The summed E-state index contributed by atoms with van der Waals surface area (Å²) >= 11 is 0. The standard InChI is InChI=1S/C27H31N5O3/c1-27(2,3)35-26(33)32-8-6-19(7-9-32)18-34-25-14-30-24(11-22(25)13-29)17-31-15-21-5-4-20(12-28)10-23(21)16-31/h4-5,10-11,14,19H,6-9,15-18H2,1-3H3. The van der Waals surface area contributed by atoms with Crippen molar-refractivity contribution >= 4 is 6.09 Å². The molecular formula is C27H31N5O3. The first-order chi connectivity index (χ1) is 16.7. The maximum atomic E-state index is 12.2. The minimum absolute atomic E-state index is 0.268. The second kappa shape index (κ2) is 10.3. The Bertz CT molecular complexity index is 1170. The Morgan fingerprint density at radius 3 is 2.54 bits per heavy atom. The Morgan fingerprint density at radius 1 is 1.11 bits per heavy atom. The van der Waals surface area contributed by atoms with E-state index in [0.29, 0.717) is 49.0 Å². The number of hydrogen-bond donors (Lipinski definition) is 0. The topological polar surface area (TPSA) is 102 Å². The van der Waals surface area contributed by atoms with Crippen molar-refractivity contribution in [2.75, 3.05) is 19.7 Å². The molecule has 0 aliphatic carbocycles. The minimum atomic E-state index is -0.496. The highest BCUT2D eigenvalue weighted by molar-refractivity contribution is 5.68. The van der Waals surface area contributed by atoms with E-state index in [4.69, 9.17) is 14.7 Å². The summed E-state index contributed by atoms with van der Waals surface area (Å²) in [6.07, 6.45) is 3.03. The molecular weight excluding hydrogens is 442 g/mol. The first-order valence-electron chi connectivity index (χ1n) is 12.0. The summed E-state index contributed by atoms with van der Waals surface area (Å²) in [5.74, 6) is 0.801. The van der Waals surface area contributed by atoms with Crippen LogP contribution < -0.4 is 4.74 Å². The van der Waals surface area contributed by atoms with Crippen LogP contribution in [0.5, 0.6) is 5.75 Å². The third kappa shape index (κ3) is 6.29. The average Bonchev–Trinajstić information content (AvgIpc) is 3.23. The first kappa shape index (κ1) is 24.5. The number of nitriles is 2. The number of piperidine rings is 1. The van der Waals surface area contributed by atoms with E-state index in [-0.39, 0.29) is 6.09 Å². The number of likely N-dealkylation sites (tertiary alicyclic amines) is 1. The van der Waals surface area contributed by atoms with Gasteiger partial charge < -0.3 is 14.4 Å². The molecule has 0 N–H and O–H groups in total. The normalized spacial score (nSPS) is 16.3. The van der Waals surface area contributed by atoms with Gasteiger partial charge in [0.25, 0.3) is 0 Å². The van der Waals surface area contributed by atoms with E-state index in [1.165, 1.54) is 11.1 Å². The molecule has 35 heavy (non-hydrogen) atoms. The fraction of sp³-hybridized carbons (Fsp3) is 0.481. The fourth-order valence-electron chi connectivity index (χ4n) is 4.47. The molecule has 2 aliphatic heterocycles. The zero-order valence-electron chi connectivity index (χ0n) is 20.6. The van der Waals surface area contributed by atoms with E-state index in [1.807, 2.05) is 39.0 Å². The molecule has 0 spiro atoms. The Labute approximate surface area is 206 Å². The second-order valence-electron chi connectivity index (χ2n) is 10.2. The van der Waals surface area contributed by atoms with E-state index >= 15 is 0 Å². The van der Waals surface area contributed by atoms with Crippen LogP contribution in [0.3, 0.4) is 0 Å². The van der Waals surface area contributed by atoms with Gasteiger partial charge in [0.1, 0.15) is 11.7 Å². The van der Waals surface area contributed by atoms with Gasteiger partial charge in [0, 0.05) is 32.7 Å². The molecule has 1 aromatic carbocycles. The maximum absolute atomic E-state index is 12.2. The zero-order chi connectivity index (χ0) is 25.0. The molecule has 4 rings (SSSR count). The maximum Gasteiger partial charge on any atom is 0.410 e. The van der Waals surface area contributed by atoms with Gasteiger partial charge in [-0.3, -0.25) is 9.88 Å².